The van der Waals surface area contributed by atoms with Crippen molar-refractivity contribution in [2.75, 3.05) is 25.0 Å². The zero-order chi connectivity index (χ0) is 21.1. The van der Waals surface area contributed by atoms with Crippen molar-refractivity contribution in [2.24, 2.45) is 0 Å². The molecular weight excluding hydrogens is 425 g/mol. The minimum atomic E-state index is -1.07. The van der Waals surface area contributed by atoms with Gasteiger partial charge in [0.15, 0.2) is 0 Å². The van der Waals surface area contributed by atoms with Gasteiger partial charge in [0, 0.05) is 29.3 Å². The zero-order valence-electron chi connectivity index (χ0n) is 14.8. The molecule has 0 aliphatic carbocycles. The van der Waals surface area contributed by atoms with Crippen molar-refractivity contribution in [2.45, 2.75) is 6.10 Å². The predicted octanol–water partition coefficient (Wildman–Crippen LogP) is 4.21. The van der Waals surface area contributed by atoms with Crippen LogP contribution in [0.15, 0.2) is 36.4 Å². The first-order valence-electron chi connectivity index (χ1n) is 8.40. The summed E-state index contributed by atoms with van der Waals surface area (Å²) >= 11 is 12.1. The molecule has 2 aromatic carbocycles. The van der Waals surface area contributed by atoms with Gasteiger partial charge >= 0.3 is 6.09 Å². The summed E-state index contributed by atoms with van der Waals surface area (Å²) in [5.74, 6) is -0.561. The Hall–Kier alpha value is -2.88. The third-order valence-electron chi connectivity index (χ3n) is 4.36. The second-order valence-electron chi connectivity index (χ2n) is 6.19. The van der Waals surface area contributed by atoms with Crippen molar-refractivity contribution >= 4 is 46.6 Å². The van der Waals surface area contributed by atoms with Gasteiger partial charge < -0.3 is 20.1 Å². The number of morpholine rings is 1. The van der Waals surface area contributed by atoms with E-state index in [4.69, 9.17) is 27.9 Å². The number of rotatable bonds is 4. The Bertz CT molecular complexity index is 984. The lowest BCUT2D eigenvalue weighted by Gasteiger charge is -2.32. The highest BCUT2D eigenvalue weighted by atomic mass is 35.5. The van der Waals surface area contributed by atoms with E-state index >= 15 is 0 Å². The number of nitro groups is 1. The highest BCUT2D eigenvalue weighted by Crippen LogP contribution is 2.30. The molecule has 3 rings (SSSR count). The monoisotopic (exact) mass is 439 g/mol. The van der Waals surface area contributed by atoms with Gasteiger partial charge in [-0.1, -0.05) is 29.3 Å². The van der Waals surface area contributed by atoms with Crippen molar-refractivity contribution in [3.05, 3.63) is 67.7 Å². The predicted molar refractivity (Wildman–Crippen MR) is 106 cm³/mol. The van der Waals surface area contributed by atoms with Gasteiger partial charge in [0.05, 0.1) is 28.8 Å². The molecule has 29 heavy (non-hydrogen) atoms. The van der Waals surface area contributed by atoms with Crippen LogP contribution in [-0.4, -0.2) is 46.6 Å². The fraction of sp³-hybridized carbons (Fsp3) is 0.222. The molecule has 1 fully saturated rings. The van der Waals surface area contributed by atoms with Crippen LogP contribution in [0.25, 0.3) is 0 Å². The average Bonchev–Trinajstić information content (AvgIpc) is 2.69. The van der Waals surface area contributed by atoms with E-state index in [1.807, 2.05) is 0 Å². The summed E-state index contributed by atoms with van der Waals surface area (Å²) in [7, 11) is 0. The van der Waals surface area contributed by atoms with Gasteiger partial charge in [0.2, 0.25) is 0 Å². The molecule has 2 aromatic rings. The average molecular weight is 440 g/mol. The molecule has 1 aliphatic heterocycles. The number of hydrogen-bond donors (Lipinski definition) is 2. The van der Waals surface area contributed by atoms with E-state index in [2.05, 4.69) is 5.32 Å². The molecular formula is C18H15Cl2N3O6. The van der Waals surface area contributed by atoms with Gasteiger partial charge in [-0.3, -0.25) is 14.9 Å². The number of amides is 2. The highest BCUT2D eigenvalue weighted by Gasteiger charge is 2.28. The van der Waals surface area contributed by atoms with Crippen LogP contribution in [0.4, 0.5) is 16.2 Å². The first-order chi connectivity index (χ1) is 13.8. The van der Waals surface area contributed by atoms with Gasteiger partial charge in [-0.2, -0.15) is 0 Å². The van der Waals surface area contributed by atoms with Crippen LogP contribution in [0.3, 0.4) is 0 Å². The number of carboxylic acid groups (broad SMARTS) is 1. The Morgan fingerprint density at radius 3 is 2.66 bits per heavy atom. The number of carbonyl (C=O) groups excluding carboxylic acids is 1. The minimum absolute atomic E-state index is 0.00194. The van der Waals surface area contributed by atoms with Crippen molar-refractivity contribution in [1.82, 2.24) is 4.90 Å². The van der Waals surface area contributed by atoms with Gasteiger partial charge in [0.1, 0.15) is 6.10 Å². The van der Waals surface area contributed by atoms with Gasteiger partial charge in [-0.05, 0) is 23.8 Å². The van der Waals surface area contributed by atoms with Crippen LogP contribution in [0.2, 0.25) is 10.0 Å². The molecule has 0 saturated carbocycles. The smallest absolute Gasteiger partial charge is 0.407 e. The molecule has 2 amide bonds. The van der Waals surface area contributed by atoms with Crippen LogP contribution in [-0.2, 0) is 4.74 Å². The fourth-order valence-corrected chi connectivity index (χ4v) is 3.32. The van der Waals surface area contributed by atoms with Crippen molar-refractivity contribution < 1.29 is 24.4 Å². The van der Waals surface area contributed by atoms with E-state index in [0.717, 1.165) is 6.07 Å². The third-order valence-corrected chi connectivity index (χ3v) is 4.90. The van der Waals surface area contributed by atoms with Crippen LogP contribution in [0, 0.1) is 10.1 Å². The summed E-state index contributed by atoms with van der Waals surface area (Å²) in [6.07, 6.45) is -1.72. The van der Waals surface area contributed by atoms with Crippen LogP contribution in [0.1, 0.15) is 22.0 Å². The number of carbonyl (C=O) groups is 2. The molecule has 1 unspecified atom stereocenters. The fourth-order valence-electron chi connectivity index (χ4n) is 2.93. The SMILES string of the molecule is O=C(Nc1ccc([N+](=O)[O-])cc1Cl)c1cc(Cl)ccc1C1CN(C(=O)O)CCO1. The summed E-state index contributed by atoms with van der Waals surface area (Å²) in [4.78, 5) is 35.6. The maximum absolute atomic E-state index is 12.9. The summed E-state index contributed by atoms with van der Waals surface area (Å²) in [6, 6.07) is 8.29. The molecule has 1 saturated heterocycles. The van der Waals surface area contributed by atoms with E-state index in [1.165, 1.54) is 23.1 Å². The number of anilines is 1. The molecule has 0 aromatic heterocycles. The first kappa shape index (κ1) is 20.8. The van der Waals surface area contributed by atoms with E-state index in [0.29, 0.717) is 10.6 Å². The number of halogens is 2. The number of ether oxygens (including phenoxy) is 1. The number of hydrogen-bond acceptors (Lipinski definition) is 5. The Labute approximate surface area is 174 Å². The summed E-state index contributed by atoms with van der Waals surface area (Å²) in [6.45, 7) is 0.490. The van der Waals surface area contributed by atoms with E-state index in [-0.39, 0.29) is 41.7 Å². The van der Waals surface area contributed by atoms with E-state index in [9.17, 15) is 24.8 Å². The molecule has 0 radical (unpaired) electrons. The topological polar surface area (TPSA) is 122 Å². The van der Waals surface area contributed by atoms with Crippen molar-refractivity contribution in [3.8, 4) is 0 Å². The first-order valence-corrected chi connectivity index (χ1v) is 9.16. The lowest BCUT2D eigenvalue weighted by molar-refractivity contribution is -0.384. The molecule has 9 nitrogen and oxygen atoms in total. The summed E-state index contributed by atoms with van der Waals surface area (Å²) in [5, 5.41) is 22.9. The molecule has 0 spiro atoms. The summed E-state index contributed by atoms with van der Waals surface area (Å²) < 4.78 is 5.66. The van der Waals surface area contributed by atoms with Crippen LogP contribution >= 0.6 is 23.2 Å². The molecule has 0 bridgehead atoms. The Kier molecular flexibility index (Phi) is 6.21. The van der Waals surface area contributed by atoms with Crippen LogP contribution < -0.4 is 5.32 Å². The Morgan fingerprint density at radius 1 is 1.24 bits per heavy atom. The van der Waals surface area contributed by atoms with Crippen molar-refractivity contribution in [3.63, 3.8) is 0 Å². The molecule has 1 atom stereocenters. The lowest BCUT2D eigenvalue weighted by Crippen LogP contribution is -2.41. The summed E-state index contributed by atoms with van der Waals surface area (Å²) in [5.41, 5.74) is 0.630. The number of nitro benzene ring substituents is 1. The maximum atomic E-state index is 12.9. The number of nitrogens with one attached hydrogen (secondary N) is 1. The highest BCUT2D eigenvalue weighted by molar-refractivity contribution is 6.34. The number of nitrogens with zero attached hydrogens (tertiary/aromatic N) is 2. The second kappa shape index (κ2) is 8.64. The third kappa shape index (κ3) is 4.76. The lowest BCUT2D eigenvalue weighted by atomic mass is 10.00. The molecule has 11 heteroatoms. The van der Waals surface area contributed by atoms with Gasteiger partial charge in [0.25, 0.3) is 11.6 Å². The Balaban J connectivity index is 1.88. The van der Waals surface area contributed by atoms with Crippen molar-refractivity contribution in [1.29, 1.82) is 0 Å². The van der Waals surface area contributed by atoms with Crippen LogP contribution in [0.5, 0.6) is 0 Å². The molecule has 1 aliphatic rings. The number of non-ortho nitro benzene ring substituents is 1. The normalized spacial score (nSPS) is 16.3. The molecule has 2 N–H and O–H groups in total. The van der Waals surface area contributed by atoms with E-state index < -0.39 is 23.0 Å². The standard InChI is InChI=1S/C18H15Cl2N3O6/c19-10-1-3-12(16-9-22(18(25)26)5-6-29-16)13(7-10)17(24)21-15-4-2-11(23(27)28)8-14(15)20/h1-4,7-8,16H,5-6,9H2,(H,21,24)(H,25,26). The van der Waals surface area contributed by atoms with Gasteiger partial charge in [-0.25, -0.2) is 4.79 Å². The minimum Gasteiger partial charge on any atom is -0.465 e. The Morgan fingerprint density at radius 2 is 2.00 bits per heavy atom. The molecule has 152 valence electrons. The van der Waals surface area contributed by atoms with Gasteiger partial charge in [-0.15, -0.1) is 0 Å². The van der Waals surface area contributed by atoms with E-state index in [1.54, 1.807) is 12.1 Å². The maximum Gasteiger partial charge on any atom is 0.407 e. The number of benzene rings is 2. The molecule has 1 heterocycles. The zero-order valence-corrected chi connectivity index (χ0v) is 16.3. The second-order valence-corrected chi connectivity index (χ2v) is 7.04. The quantitative estimate of drug-likeness (QED) is 0.543. The largest absolute Gasteiger partial charge is 0.465 e.